The average molecular weight is 701 g/mol. The summed E-state index contributed by atoms with van der Waals surface area (Å²) < 4.78 is 37.5. The molecular weight excluding hydrogens is 657 g/mol. The molecule has 0 saturated carbocycles. The van der Waals surface area contributed by atoms with Crippen LogP contribution in [0.5, 0.6) is 0 Å². The van der Waals surface area contributed by atoms with Crippen LogP contribution in [0.4, 0.5) is 10.6 Å². The van der Waals surface area contributed by atoms with Gasteiger partial charge in [-0.1, -0.05) is 67.8 Å². The number of nitrogens with one attached hydrogen (secondary N) is 1. The summed E-state index contributed by atoms with van der Waals surface area (Å²) in [5.74, 6) is 0.724. The van der Waals surface area contributed by atoms with Gasteiger partial charge in [-0.15, -0.1) is 0 Å². The third kappa shape index (κ3) is 9.40. The minimum absolute atomic E-state index is 0.197. The summed E-state index contributed by atoms with van der Waals surface area (Å²) in [7, 11) is -3.51. The van der Waals surface area contributed by atoms with Gasteiger partial charge in [0.05, 0.1) is 22.5 Å². The predicted octanol–water partition coefficient (Wildman–Crippen LogP) is 6.68. The van der Waals surface area contributed by atoms with E-state index in [4.69, 9.17) is 9.72 Å². The van der Waals surface area contributed by atoms with Crippen molar-refractivity contribution in [2.24, 2.45) is 0 Å². The molecule has 3 heterocycles. The Morgan fingerprint density at radius 2 is 1.80 bits per heavy atom. The van der Waals surface area contributed by atoms with Gasteiger partial charge >= 0.3 is 6.09 Å². The number of amides is 1. The summed E-state index contributed by atoms with van der Waals surface area (Å²) in [6.07, 6.45) is 11.7. The highest BCUT2D eigenvalue weighted by atomic mass is 32.2. The molecule has 0 radical (unpaired) electrons. The van der Waals surface area contributed by atoms with Crippen LogP contribution in [-0.2, 0) is 21.4 Å². The maximum atomic E-state index is 13.6. The van der Waals surface area contributed by atoms with Gasteiger partial charge in [-0.2, -0.15) is 4.31 Å². The quantitative estimate of drug-likeness (QED) is 0.164. The lowest BCUT2D eigenvalue weighted by Gasteiger charge is -2.38. The van der Waals surface area contributed by atoms with Gasteiger partial charge < -0.3 is 19.3 Å². The first-order valence-electron chi connectivity index (χ1n) is 16.4. The summed E-state index contributed by atoms with van der Waals surface area (Å²) in [5.41, 5.74) is 5.52. The highest BCUT2D eigenvalue weighted by Gasteiger charge is 2.37. The second-order valence-electron chi connectivity index (χ2n) is 11.9. The number of sulfonamides is 1. The first kappa shape index (κ1) is 35.9. The van der Waals surface area contributed by atoms with E-state index in [2.05, 4.69) is 39.9 Å². The number of allylic oxidation sites excluding steroid dienone is 7. The lowest BCUT2D eigenvalue weighted by molar-refractivity contribution is 0.0895. The molecule has 12 heteroatoms. The second-order valence-corrected chi connectivity index (χ2v) is 15.1. The number of rotatable bonds is 12. The Morgan fingerprint density at radius 3 is 2.49 bits per heavy atom. The van der Waals surface area contributed by atoms with Crippen molar-refractivity contribution >= 4 is 50.5 Å². The number of hydrogen-bond donors (Lipinski definition) is 1. The Balaban J connectivity index is 1.15. The number of aromatic nitrogens is 2. The molecule has 3 aromatic rings. The Morgan fingerprint density at radius 1 is 1.06 bits per heavy atom. The van der Waals surface area contributed by atoms with Crippen LogP contribution in [0.2, 0.25) is 0 Å². The predicted molar refractivity (Wildman–Crippen MR) is 200 cm³/mol. The Hall–Kier alpha value is -4.39. The van der Waals surface area contributed by atoms with E-state index in [1.807, 2.05) is 74.5 Å². The van der Waals surface area contributed by atoms with E-state index >= 15 is 0 Å². The van der Waals surface area contributed by atoms with Gasteiger partial charge in [0.2, 0.25) is 10.0 Å². The zero-order valence-corrected chi connectivity index (χ0v) is 29.8. The molecule has 0 unspecified atom stereocenters. The highest BCUT2D eigenvalue weighted by Crippen LogP contribution is 2.26. The molecule has 0 aliphatic carbocycles. The molecule has 1 aromatic heterocycles. The van der Waals surface area contributed by atoms with E-state index in [1.165, 1.54) is 11.9 Å². The molecule has 1 amide bonds. The average Bonchev–Trinajstić information content (AvgIpc) is 3.14. The molecule has 2 aliphatic heterocycles. The van der Waals surface area contributed by atoms with Gasteiger partial charge in [0, 0.05) is 49.9 Å². The number of carbonyl (C=O) groups excluding carboxylic acids is 1. The SMILES string of the molecule is C=CC=CC(=C)SNC(C)=CC(=CC)c1ccc2ncc(N3CCN(S(=O)(=O)C4CCN(C(=O)OCc5ccccc5)CC4)CC3)nc2c1. The van der Waals surface area contributed by atoms with Crippen LogP contribution >= 0.6 is 11.9 Å². The van der Waals surface area contributed by atoms with Crippen molar-refractivity contribution in [3.05, 3.63) is 120 Å². The summed E-state index contributed by atoms with van der Waals surface area (Å²) in [5, 5.41) is -0.517. The lowest BCUT2D eigenvalue weighted by Crippen LogP contribution is -2.53. The molecule has 0 atom stereocenters. The Bertz CT molecular complexity index is 1840. The molecule has 5 rings (SSSR count). The smallest absolute Gasteiger partial charge is 0.410 e. The van der Waals surface area contributed by atoms with Gasteiger partial charge in [-0.3, -0.25) is 4.98 Å². The van der Waals surface area contributed by atoms with Gasteiger partial charge in [0.25, 0.3) is 0 Å². The fourth-order valence-electron chi connectivity index (χ4n) is 5.81. The Kier molecular flexibility index (Phi) is 12.3. The zero-order valence-electron chi connectivity index (χ0n) is 28.1. The van der Waals surface area contributed by atoms with Crippen molar-refractivity contribution in [3.8, 4) is 0 Å². The topological polar surface area (TPSA) is 108 Å². The number of hydrogen-bond acceptors (Lipinski definition) is 9. The van der Waals surface area contributed by atoms with Crippen LogP contribution in [0, 0.1) is 0 Å². The molecule has 0 spiro atoms. The number of piperidine rings is 1. The molecule has 258 valence electrons. The van der Waals surface area contributed by atoms with E-state index in [1.54, 1.807) is 21.5 Å². The van der Waals surface area contributed by atoms with Crippen LogP contribution in [0.15, 0.2) is 109 Å². The van der Waals surface area contributed by atoms with Crippen LogP contribution in [-0.4, -0.2) is 78.2 Å². The summed E-state index contributed by atoms with van der Waals surface area (Å²) in [6, 6.07) is 15.5. The van der Waals surface area contributed by atoms with E-state index in [-0.39, 0.29) is 6.61 Å². The molecule has 2 fully saturated rings. The van der Waals surface area contributed by atoms with Gasteiger partial charge in [0.15, 0.2) is 0 Å². The first-order valence-corrected chi connectivity index (χ1v) is 18.7. The first-order chi connectivity index (χ1) is 23.7. The van der Waals surface area contributed by atoms with Gasteiger partial charge in [0.1, 0.15) is 12.4 Å². The number of ether oxygens (including phenoxy) is 1. The van der Waals surface area contributed by atoms with Gasteiger partial charge in [-0.05, 0) is 79.6 Å². The molecule has 1 N–H and O–H groups in total. The number of carbonyl (C=O) groups is 1. The number of anilines is 1. The normalized spacial score (nSPS) is 17.0. The maximum Gasteiger partial charge on any atom is 0.410 e. The summed E-state index contributed by atoms with van der Waals surface area (Å²) in [6.45, 7) is 14.4. The molecule has 2 aromatic carbocycles. The number of fused-ring (bicyclic) bond motifs is 1. The largest absolute Gasteiger partial charge is 0.445 e. The fraction of sp³-hybridized carbons (Fsp3) is 0.324. The third-order valence-corrected chi connectivity index (χ3v) is 11.8. The van der Waals surface area contributed by atoms with Crippen LogP contribution in [0.25, 0.3) is 16.6 Å². The van der Waals surface area contributed by atoms with Crippen LogP contribution in [0.1, 0.15) is 37.8 Å². The van der Waals surface area contributed by atoms with Crippen LogP contribution < -0.4 is 9.62 Å². The van der Waals surface area contributed by atoms with Crippen LogP contribution in [0.3, 0.4) is 0 Å². The molecular formula is C37H44N6O4S2. The van der Waals surface area contributed by atoms with Crippen molar-refractivity contribution in [3.63, 3.8) is 0 Å². The minimum atomic E-state index is -3.51. The van der Waals surface area contributed by atoms with Crippen molar-refractivity contribution in [2.75, 3.05) is 44.2 Å². The van der Waals surface area contributed by atoms with Gasteiger partial charge in [-0.25, -0.2) is 18.2 Å². The van der Waals surface area contributed by atoms with E-state index in [0.717, 1.165) is 44.2 Å². The zero-order chi connectivity index (χ0) is 34.8. The third-order valence-electron chi connectivity index (χ3n) is 8.56. The monoisotopic (exact) mass is 700 g/mol. The molecule has 49 heavy (non-hydrogen) atoms. The van der Waals surface area contributed by atoms with E-state index in [9.17, 15) is 13.2 Å². The van der Waals surface area contributed by atoms with Crippen molar-refractivity contribution < 1.29 is 17.9 Å². The fourth-order valence-corrected chi connectivity index (χ4v) is 8.21. The van der Waals surface area contributed by atoms with Crippen molar-refractivity contribution in [1.82, 2.24) is 23.9 Å². The summed E-state index contributed by atoms with van der Waals surface area (Å²) in [4.78, 5) is 26.7. The van der Waals surface area contributed by atoms with E-state index < -0.39 is 21.4 Å². The van der Waals surface area contributed by atoms with Crippen molar-refractivity contribution in [1.29, 1.82) is 0 Å². The minimum Gasteiger partial charge on any atom is -0.445 e. The highest BCUT2D eigenvalue weighted by molar-refractivity contribution is 8.01. The number of nitrogens with zero attached hydrogens (tertiary/aromatic N) is 5. The van der Waals surface area contributed by atoms with E-state index in [0.29, 0.717) is 52.1 Å². The molecule has 2 saturated heterocycles. The molecule has 0 bridgehead atoms. The number of benzene rings is 2. The number of piperazine rings is 1. The number of likely N-dealkylation sites (tertiary alicyclic amines) is 1. The standard InChI is InChI=1S/C37H44N6O4S2/c1-5-7-11-29(4)48-40-28(3)24-31(6-2)32-14-15-34-35(25-32)39-36(26-38-34)41-20-22-43(23-21-41)49(45,46)33-16-18-42(19-17-33)37(44)47-27-30-12-9-8-10-13-30/h5-15,24-26,33,40H,1,4,16-23,27H2,2-3H3. The molecule has 10 nitrogen and oxygen atoms in total. The summed E-state index contributed by atoms with van der Waals surface area (Å²) >= 11 is 1.44. The van der Waals surface area contributed by atoms with Crippen molar-refractivity contribution in [2.45, 2.75) is 38.5 Å². The maximum absolute atomic E-state index is 13.6. The Labute approximate surface area is 294 Å². The lowest BCUT2D eigenvalue weighted by atomic mass is 10.0. The second kappa shape index (κ2) is 16.8. The molecule has 2 aliphatic rings.